The fraction of sp³-hybridized carbons (Fsp3) is 0.167. The summed E-state index contributed by atoms with van der Waals surface area (Å²) < 4.78 is 42.5. The molecule has 1 amide bonds. The Morgan fingerprint density at radius 1 is 1.03 bits per heavy atom. The van der Waals surface area contributed by atoms with Crippen molar-refractivity contribution < 1.29 is 22.7 Å². The smallest absolute Gasteiger partial charge is 0.390 e. The number of benzene rings is 3. The van der Waals surface area contributed by atoms with E-state index in [1.165, 1.54) is 11.8 Å². The number of rotatable bonds is 5. The molecule has 164 valence electrons. The lowest BCUT2D eigenvalue weighted by molar-refractivity contribution is -0.132. The third-order valence-electron chi connectivity index (χ3n) is 4.85. The lowest BCUT2D eigenvalue weighted by Crippen LogP contribution is -2.27. The summed E-state index contributed by atoms with van der Waals surface area (Å²) in [6.07, 6.45) is -5.40. The Morgan fingerprint density at radius 3 is 2.62 bits per heavy atom. The second-order valence-electron chi connectivity index (χ2n) is 7.09. The average Bonchev–Trinajstić information content (AvgIpc) is 2.94. The van der Waals surface area contributed by atoms with Crippen LogP contribution in [0.15, 0.2) is 81.5 Å². The van der Waals surface area contributed by atoms with Crippen molar-refractivity contribution in [2.75, 3.05) is 13.7 Å². The molecule has 0 fully saturated rings. The second-order valence-corrected chi connectivity index (χ2v) is 8.18. The zero-order valence-electron chi connectivity index (χ0n) is 17.1. The Kier molecular flexibility index (Phi) is 6.23. The minimum atomic E-state index is -4.32. The molecule has 8 heteroatoms. The molecule has 1 aliphatic rings. The first-order valence-electron chi connectivity index (χ1n) is 9.83. The molecule has 4 rings (SSSR count). The van der Waals surface area contributed by atoms with E-state index in [9.17, 15) is 18.0 Å². The van der Waals surface area contributed by atoms with Gasteiger partial charge in [0.25, 0.3) is 5.91 Å². The highest BCUT2D eigenvalue weighted by Crippen LogP contribution is 2.41. The molecular weight excluding hydrogens is 437 g/mol. The Bertz CT molecular complexity index is 1190. The van der Waals surface area contributed by atoms with E-state index >= 15 is 0 Å². The molecule has 1 N–H and O–H groups in total. The largest absolute Gasteiger partial charge is 0.497 e. The van der Waals surface area contributed by atoms with E-state index < -0.39 is 25.0 Å². The van der Waals surface area contributed by atoms with Crippen molar-refractivity contribution in [2.45, 2.75) is 22.4 Å². The van der Waals surface area contributed by atoms with E-state index in [1.807, 2.05) is 48.5 Å². The molecule has 0 saturated carbocycles. The van der Waals surface area contributed by atoms with Crippen LogP contribution in [0.1, 0.15) is 27.9 Å². The number of amides is 1. The van der Waals surface area contributed by atoms with E-state index in [4.69, 9.17) is 9.73 Å². The highest BCUT2D eigenvalue weighted by molar-refractivity contribution is 7.99. The summed E-state index contributed by atoms with van der Waals surface area (Å²) in [5, 5.41) is 2.32. The van der Waals surface area contributed by atoms with Gasteiger partial charge < -0.3 is 10.1 Å². The SMILES string of the molecule is COc1cccc(C2=Nc3cc(C(=O)NCCC(F)(F)F)ccc3Sc3ccccc32)c1. The van der Waals surface area contributed by atoms with Gasteiger partial charge in [-0.25, -0.2) is 4.99 Å². The van der Waals surface area contributed by atoms with Crippen LogP contribution in [0, 0.1) is 0 Å². The van der Waals surface area contributed by atoms with Crippen molar-refractivity contribution >= 4 is 29.1 Å². The number of ether oxygens (including phenoxy) is 1. The van der Waals surface area contributed by atoms with Gasteiger partial charge in [-0.3, -0.25) is 4.79 Å². The van der Waals surface area contributed by atoms with Gasteiger partial charge in [0.1, 0.15) is 5.75 Å². The van der Waals surface area contributed by atoms with Crippen molar-refractivity contribution in [1.29, 1.82) is 0 Å². The molecule has 0 unspecified atom stereocenters. The molecule has 0 bridgehead atoms. The number of carbonyl (C=O) groups excluding carboxylic acids is 1. The molecule has 1 aliphatic heterocycles. The minimum Gasteiger partial charge on any atom is -0.497 e. The monoisotopic (exact) mass is 456 g/mol. The van der Waals surface area contributed by atoms with Gasteiger partial charge in [-0.1, -0.05) is 42.1 Å². The highest BCUT2D eigenvalue weighted by atomic mass is 32.2. The number of aliphatic imine (C=N–C) groups is 1. The number of methoxy groups -OCH3 is 1. The number of nitrogens with zero attached hydrogens (tertiary/aromatic N) is 1. The Hall–Kier alpha value is -3.26. The van der Waals surface area contributed by atoms with Crippen LogP contribution < -0.4 is 10.1 Å². The molecule has 0 atom stereocenters. The predicted molar refractivity (Wildman–Crippen MR) is 118 cm³/mol. The Labute approximate surface area is 187 Å². The van der Waals surface area contributed by atoms with Gasteiger partial charge in [-0.2, -0.15) is 13.2 Å². The molecule has 0 aliphatic carbocycles. The topological polar surface area (TPSA) is 50.7 Å². The number of alkyl halides is 3. The van der Waals surface area contributed by atoms with Crippen molar-refractivity contribution in [3.63, 3.8) is 0 Å². The van der Waals surface area contributed by atoms with Crippen molar-refractivity contribution in [3.8, 4) is 5.75 Å². The van der Waals surface area contributed by atoms with Gasteiger partial charge in [-0.15, -0.1) is 0 Å². The molecule has 0 radical (unpaired) electrons. The summed E-state index contributed by atoms with van der Waals surface area (Å²) in [5.41, 5.74) is 3.35. The normalized spacial score (nSPS) is 12.8. The van der Waals surface area contributed by atoms with E-state index in [-0.39, 0.29) is 5.56 Å². The van der Waals surface area contributed by atoms with Gasteiger partial charge in [-0.05, 0) is 36.4 Å². The lowest BCUT2D eigenvalue weighted by Gasteiger charge is -2.10. The minimum absolute atomic E-state index is 0.256. The van der Waals surface area contributed by atoms with Crippen molar-refractivity contribution in [3.05, 3.63) is 83.4 Å². The molecule has 0 aromatic heterocycles. The molecule has 0 saturated heterocycles. The van der Waals surface area contributed by atoms with Crippen LogP contribution in [0.5, 0.6) is 5.75 Å². The highest BCUT2D eigenvalue weighted by Gasteiger charge is 2.27. The van der Waals surface area contributed by atoms with Crippen LogP contribution in [-0.2, 0) is 0 Å². The molecular formula is C24H19F3N2O2S. The number of hydrogen-bond donors (Lipinski definition) is 1. The quantitative estimate of drug-likeness (QED) is 0.400. The van der Waals surface area contributed by atoms with Crippen LogP contribution in [0.25, 0.3) is 0 Å². The van der Waals surface area contributed by atoms with Gasteiger partial charge in [0.15, 0.2) is 0 Å². The first-order chi connectivity index (χ1) is 15.3. The average molecular weight is 456 g/mol. The van der Waals surface area contributed by atoms with E-state index in [0.29, 0.717) is 11.4 Å². The number of nitrogens with one attached hydrogen (secondary N) is 1. The second kappa shape index (κ2) is 9.08. The summed E-state index contributed by atoms with van der Waals surface area (Å²) in [4.78, 5) is 19.1. The summed E-state index contributed by atoms with van der Waals surface area (Å²) in [5.74, 6) is 0.125. The van der Waals surface area contributed by atoms with Crippen LogP contribution >= 0.6 is 11.8 Å². The van der Waals surface area contributed by atoms with Gasteiger partial charge in [0, 0.05) is 33.0 Å². The first kappa shape index (κ1) is 22.0. The van der Waals surface area contributed by atoms with Crippen molar-refractivity contribution in [2.24, 2.45) is 4.99 Å². The standard InChI is InChI=1S/C24H19F3N2O2S/c1-31-17-6-4-5-15(13-17)22-18-7-2-3-8-20(18)32-21-10-9-16(14-19(21)29-22)23(30)28-12-11-24(25,26)27/h2-10,13-14H,11-12H2,1H3,(H,28,30). The van der Waals surface area contributed by atoms with Gasteiger partial charge in [0.05, 0.1) is 24.9 Å². The molecule has 4 nitrogen and oxygen atoms in total. The number of carbonyl (C=O) groups is 1. The summed E-state index contributed by atoms with van der Waals surface area (Å²) in [6.45, 7) is -0.474. The maximum atomic E-state index is 12.4. The van der Waals surface area contributed by atoms with E-state index in [1.54, 1.807) is 25.3 Å². The fourth-order valence-corrected chi connectivity index (χ4v) is 4.30. The molecule has 3 aromatic rings. The predicted octanol–water partition coefficient (Wildman–Crippen LogP) is 6.01. The molecule has 1 heterocycles. The molecule has 32 heavy (non-hydrogen) atoms. The number of fused-ring (bicyclic) bond motifs is 2. The maximum absolute atomic E-state index is 12.4. The fourth-order valence-electron chi connectivity index (χ4n) is 3.29. The zero-order chi connectivity index (χ0) is 22.7. The van der Waals surface area contributed by atoms with Crippen LogP contribution in [0.4, 0.5) is 18.9 Å². The molecule has 3 aromatic carbocycles. The van der Waals surface area contributed by atoms with E-state index in [2.05, 4.69) is 5.32 Å². The number of halogens is 3. The first-order valence-corrected chi connectivity index (χ1v) is 10.6. The lowest BCUT2D eigenvalue weighted by atomic mass is 10.0. The summed E-state index contributed by atoms with van der Waals surface area (Å²) >= 11 is 1.53. The van der Waals surface area contributed by atoms with Crippen LogP contribution in [0.3, 0.4) is 0 Å². The Balaban J connectivity index is 1.72. The number of hydrogen-bond acceptors (Lipinski definition) is 4. The molecule has 0 spiro atoms. The third kappa shape index (κ3) is 4.96. The van der Waals surface area contributed by atoms with Crippen molar-refractivity contribution in [1.82, 2.24) is 5.32 Å². The van der Waals surface area contributed by atoms with Crippen LogP contribution in [0.2, 0.25) is 0 Å². The summed E-state index contributed by atoms with van der Waals surface area (Å²) in [6, 6.07) is 20.4. The van der Waals surface area contributed by atoms with Crippen LogP contribution in [-0.4, -0.2) is 31.4 Å². The zero-order valence-corrected chi connectivity index (χ0v) is 17.9. The van der Waals surface area contributed by atoms with Gasteiger partial charge in [0.2, 0.25) is 0 Å². The summed E-state index contributed by atoms with van der Waals surface area (Å²) in [7, 11) is 1.59. The third-order valence-corrected chi connectivity index (χ3v) is 5.99. The maximum Gasteiger partial charge on any atom is 0.390 e. The van der Waals surface area contributed by atoms with Gasteiger partial charge >= 0.3 is 6.18 Å². The van der Waals surface area contributed by atoms with E-state index in [0.717, 1.165) is 26.6 Å². The Morgan fingerprint density at radius 2 is 1.84 bits per heavy atom.